The van der Waals surface area contributed by atoms with Crippen LogP contribution < -0.4 is 0 Å². The van der Waals surface area contributed by atoms with Crippen LogP contribution in [0.1, 0.15) is 86.5 Å². The normalized spacial score (nSPS) is 41.8. The van der Waals surface area contributed by atoms with Crippen molar-refractivity contribution in [3.63, 3.8) is 0 Å². The van der Waals surface area contributed by atoms with Crippen molar-refractivity contribution >= 4 is 0 Å². The molecule has 0 aromatic carbocycles. The number of methoxy groups -OCH3 is 2. The standard InChI is InChI=1S/C13H24O5.C12H22O5.2C9H16O5.C8H18O4/c1-3-4-5-6-16-7-13-8-17-12(18-13)9(2)10(14)11(13)15;1-3-4-5-15-6-12-7-16-11(17-12)8(2)9(13)10(12)14;2*1-5-6(10)7(11)9(3-12-2)4-13-8(5)14-9;9-3-7-11-5-1-2-6-12-8-4-10/h9-12,14-15H,3-8H2,1-2H3;8-11,13-14H,3-7H2,1-2H3;2*5-8,10-11H,3-4H2,1-2H3;9-10H,1-8H2/t9-,10-,11-,12+,13+;8-,9-,10-,11+,12+;2*5-,6-,7-,8+,9+;/m1111./s1. The molecule has 0 radical (unpaired) electrons. The average molecular weight is 1090 g/mol. The Morgan fingerprint density at radius 3 is 0.920 bits per heavy atom. The van der Waals surface area contributed by atoms with Gasteiger partial charge in [-0.25, -0.2) is 0 Å². The SMILES string of the molecule is CCCCCOC[C@@]12CO[C@@H](O1)[C@H](C)[C@@H](O)[C@H]2O.CCCCOC[C@@]12CO[C@@H](O1)[C@H](C)[C@@H](O)[C@H]2O.COC[C@@]12CO[C@@H](O1)[C@H](C)[C@@H](O)[C@H]2O.COC[C@@]12CO[C@@H](O1)[C@H](C)[C@@H](O)[C@H]2O.OCCOCCCCOCCO. The fourth-order valence-electron chi connectivity index (χ4n) is 9.85. The first-order valence-corrected chi connectivity index (χ1v) is 27.0. The maximum Gasteiger partial charge on any atom is 0.163 e. The van der Waals surface area contributed by atoms with Crippen molar-refractivity contribution in [2.45, 2.75) is 183 Å². The lowest BCUT2D eigenvalue weighted by atomic mass is 9.86. The zero-order valence-electron chi connectivity index (χ0n) is 45.7. The second kappa shape index (κ2) is 32.5. The monoisotopic (exact) mass is 1090 g/mol. The molecule has 0 aliphatic carbocycles. The largest absolute Gasteiger partial charge is 0.394 e. The Bertz CT molecular complexity index is 1490. The number of aliphatic hydroxyl groups excluding tert-OH is 10. The zero-order chi connectivity index (χ0) is 55.4. The highest BCUT2D eigenvalue weighted by molar-refractivity contribution is 5.05. The van der Waals surface area contributed by atoms with Crippen molar-refractivity contribution in [3.05, 3.63) is 0 Å². The van der Waals surface area contributed by atoms with Gasteiger partial charge in [0.1, 0.15) is 46.8 Å². The minimum absolute atomic E-state index is 0.0843. The summed E-state index contributed by atoms with van der Waals surface area (Å²) in [6, 6.07) is 0. The van der Waals surface area contributed by atoms with E-state index >= 15 is 0 Å². The Morgan fingerprint density at radius 1 is 0.373 bits per heavy atom. The molecule has 10 N–H and O–H groups in total. The molecule has 8 rings (SSSR count). The van der Waals surface area contributed by atoms with Crippen LogP contribution in [-0.2, 0) is 66.3 Å². The maximum absolute atomic E-state index is 10.2. The summed E-state index contributed by atoms with van der Waals surface area (Å²) < 4.78 is 75.4. The Morgan fingerprint density at radius 2 is 0.640 bits per heavy atom. The van der Waals surface area contributed by atoms with Gasteiger partial charge in [0.2, 0.25) is 0 Å². The van der Waals surface area contributed by atoms with Gasteiger partial charge in [-0.2, -0.15) is 0 Å². The van der Waals surface area contributed by atoms with Crippen LogP contribution in [0, 0.1) is 23.7 Å². The van der Waals surface area contributed by atoms with Crippen LogP contribution in [0.3, 0.4) is 0 Å². The highest BCUT2D eigenvalue weighted by atomic mass is 16.8. The summed E-state index contributed by atoms with van der Waals surface area (Å²) in [6.45, 7) is 17.2. The van der Waals surface area contributed by atoms with Crippen LogP contribution >= 0.6 is 0 Å². The van der Waals surface area contributed by atoms with Crippen molar-refractivity contribution in [2.75, 3.05) is 120 Å². The molecule has 444 valence electrons. The van der Waals surface area contributed by atoms with Gasteiger partial charge in [0.25, 0.3) is 0 Å². The molecule has 0 amide bonds. The highest BCUT2D eigenvalue weighted by Gasteiger charge is 2.61. The van der Waals surface area contributed by atoms with E-state index in [4.69, 9.17) is 76.5 Å². The molecule has 0 aromatic rings. The Balaban J connectivity index is 0.000000204. The van der Waals surface area contributed by atoms with E-state index in [0.717, 1.165) is 44.9 Å². The van der Waals surface area contributed by atoms with Crippen LogP contribution in [0.5, 0.6) is 0 Å². The molecular formula is C51H96O24. The number of hydrogen-bond acceptors (Lipinski definition) is 24. The molecule has 0 saturated carbocycles. The van der Waals surface area contributed by atoms with Crippen molar-refractivity contribution in [1.82, 2.24) is 0 Å². The number of rotatable bonds is 24. The van der Waals surface area contributed by atoms with E-state index in [2.05, 4.69) is 13.8 Å². The zero-order valence-corrected chi connectivity index (χ0v) is 45.7. The Labute approximate surface area is 442 Å². The maximum atomic E-state index is 10.2. The average Bonchev–Trinajstić information content (AvgIpc) is 4.22. The molecule has 8 aliphatic heterocycles. The number of fused-ring (bicyclic) bond motifs is 8. The number of hydrogen-bond donors (Lipinski definition) is 10. The first kappa shape index (κ1) is 66.6. The summed E-state index contributed by atoms with van der Waals surface area (Å²) in [5.41, 5.74) is -3.54. The van der Waals surface area contributed by atoms with E-state index in [1.165, 1.54) is 14.2 Å². The lowest BCUT2D eigenvalue weighted by Crippen LogP contribution is -2.60. The van der Waals surface area contributed by atoms with Crippen LogP contribution in [-0.4, -0.2) is 267 Å². The van der Waals surface area contributed by atoms with E-state index < -0.39 is 96.4 Å². The molecule has 8 aliphatic rings. The minimum atomic E-state index is -0.948. The molecule has 24 nitrogen and oxygen atoms in total. The first-order chi connectivity index (χ1) is 35.8. The highest BCUT2D eigenvalue weighted by Crippen LogP contribution is 2.43. The van der Waals surface area contributed by atoms with Crippen LogP contribution in [0.25, 0.3) is 0 Å². The number of ether oxygens (including phenoxy) is 14. The molecule has 20 atom stereocenters. The van der Waals surface area contributed by atoms with E-state index in [1.807, 2.05) is 13.8 Å². The van der Waals surface area contributed by atoms with Gasteiger partial charge >= 0.3 is 0 Å². The summed E-state index contributed by atoms with van der Waals surface area (Å²) in [5.74, 6) is -0.845. The molecule has 0 spiro atoms. The van der Waals surface area contributed by atoms with Gasteiger partial charge in [-0.3, -0.25) is 0 Å². The van der Waals surface area contributed by atoms with Crippen molar-refractivity contribution in [1.29, 1.82) is 0 Å². The lowest BCUT2D eigenvalue weighted by Gasteiger charge is -2.41. The minimum Gasteiger partial charge on any atom is -0.394 e. The third-order valence-electron chi connectivity index (χ3n) is 15.0. The van der Waals surface area contributed by atoms with Crippen LogP contribution in [0.2, 0.25) is 0 Å². The van der Waals surface area contributed by atoms with Crippen molar-refractivity contribution < 1.29 is 117 Å². The summed E-state index contributed by atoms with van der Waals surface area (Å²) in [7, 11) is 3.06. The van der Waals surface area contributed by atoms with E-state index in [0.29, 0.717) is 39.6 Å². The van der Waals surface area contributed by atoms with Crippen molar-refractivity contribution in [2.24, 2.45) is 23.7 Å². The quantitative estimate of drug-likeness (QED) is 0.0517. The third kappa shape index (κ3) is 17.0. The van der Waals surface area contributed by atoms with Crippen molar-refractivity contribution in [3.8, 4) is 0 Å². The van der Waals surface area contributed by atoms with Gasteiger partial charge in [0, 0.05) is 64.3 Å². The number of unbranched alkanes of at least 4 members (excludes halogenated alkanes) is 4. The molecular weight excluding hydrogens is 997 g/mol. The lowest BCUT2D eigenvalue weighted by molar-refractivity contribution is -0.248. The van der Waals surface area contributed by atoms with Gasteiger partial charge in [-0.05, 0) is 25.7 Å². The second-order valence-electron chi connectivity index (χ2n) is 21.0. The molecule has 8 heterocycles. The molecule has 75 heavy (non-hydrogen) atoms. The topological polar surface area (TPSA) is 332 Å². The third-order valence-corrected chi connectivity index (χ3v) is 15.0. The van der Waals surface area contributed by atoms with Gasteiger partial charge in [0.05, 0.1) is 104 Å². The van der Waals surface area contributed by atoms with E-state index in [-0.39, 0.29) is 89.7 Å². The predicted octanol–water partition coefficient (Wildman–Crippen LogP) is -1.02. The van der Waals surface area contributed by atoms with Gasteiger partial charge in [0.15, 0.2) is 25.2 Å². The molecule has 0 aromatic heterocycles. The van der Waals surface area contributed by atoms with Gasteiger partial charge in [-0.15, -0.1) is 0 Å². The molecule has 8 bridgehead atoms. The summed E-state index contributed by atoms with van der Waals surface area (Å²) in [6.07, 6.45) is -1.55. The molecule has 0 unspecified atom stereocenters. The van der Waals surface area contributed by atoms with Gasteiger partial charge < -0.3 is 117 Å². The summed E-state index contributed by atoms with van der Waals surface area (Å²) in [5, 5.41) is 96.1. The molecule has 24 heteroatoms. The Kier molecular flexibility index (Phi) is 28.8. The summed E-state index contributed by atoms with van der Waals surface area (Å²) in [4.78, 5) is 0. The first-order valence-electron chi connectivity index (χ1n) is 27.0. The van der Waals surface area contributed by atoms with E-state index in [1.54, 1.807) is 13.8 Å². The fraction of sp³-hybridized carbons (Fsp3) is 1.00. The predicted molar refractivity (Wildman–Crippen MR) is 264 cm³/mol. The molecule has 8 fully saturated rings. The van der Waals surface area contributed by atoms with E-state index in [9.17, 15) is 40.9 Å². The molecule has 8 saturated heterocycles. The smallest absolute Gasteiger partial charge is 0.163 e. The van der Waals surface area contributed by atoms with Crippen LogP contribution in [0.15, 0.2) is 0 Å². The Hall–Kier alpha value is -0.960. The summed E-state index contributed by atoms with van der Waals surface area (Å²) >= 11 is 0. The second-order valence-corrected chi connectivity index (χ2v) is 21.0. The van der Waals surface area contributed by atoms with Gasteiger partial charge in [-0.1, -0.05) is 60.8 Å². The number of aliphatic hydroxyl groups is 10. The van der Waals surface area contributed by atoms with Crippen LogP contribution in [0.4, 0.5) is 0 Å². The fourth-order valence-corrected chi connectivity index (χ4v) is 9.85.